The Morgan fingerprint density at radius 3 is 2.67 bits per heavy atom. The Morgan fingerprint density at radius 1 is 1.13 bits per heavy atom. The van der Waals surface area contributed by atoms with Crippen molar-refractivity contribution in [1.82, 2.24) is 25.1 Å². The number of hydrogen-bond donors (Lipinski definition) is 1. The van der Waals surface area contributed by atoms with Crippen molar-refractivity contribution in [1.29, 1.82) is 0 Å². The highest BCUT2D eigenvalue weighted by molar-refractivity contribution is 7.98. The van der Waals surface area contributed by atoms with Crippen molar-refractivity contribution < 1.29 is 4.79 Å². The first kappa shape index (κ1) is 20.3. The lowest BCUT2D eigenvalue weighted by molar-refractivity contribution is 0.0948. The fourth-order valence-electron chi connectivity index (χ4n) is 2.95. The Kier molecular flexibility index (Phi) is 6.56. The van der Waals surface area contributed by atoms with Gasteiger partial charge >= 0.3 is 0 Å². The van der Waals surface area contributed by atoms with Gasteiger partial charge in [-0.05, 0) is 30.2 Å². The monoisotopic (exact) mass is 435 g/mol. The Morgan fingerprint density at radius 2 is 1.93 bits per heavy atom. The number of aryl methyl sites for hydroxylation is 1. The molecule has 6 nitrogen and oxygen atoms in total. The summed E-state index contributed by atoms with van der Waals surface area (Å²) in [6.45, 7) is 3.16. The molecule has 30 heavy (non-hydrogen) atoms. The van der Waals surface area contributed by atoms with Gasteiger partial charge in [0.15, 0.2) is 0 Å². The van der Waals surface area contributed by atoms with Crippen LogP contribution >= 0.6 is 23.1 Å². The summed E-state index contributed by atoms with van der Waals surface area (Å²) in [5.41, 5.74) is 3.92. The lowest BCUT2D eigenvalue weighted by atomic mass is 10.1. The van der Waals surface area contributed by atoms with Crippen LogP contribution in [-0.2, 0) is 18.8 Å². The molecule has 0 saturated carbocycles. The second-order valence-electron chi connectivity index (χ2n) is 6.73. The highest BCUT2D eigenvalue weighted by Crippen LogP contribution is 2.27. The number of hydrogen-bond acceptors (Lipinski definition) is 6. The zero-order valence-electron chi connectivity index (χ0n) is 16.5. The Labute approximate surface area is 183 Å². The van der Waals surface area contributed by atoms with E-state index in [4.69, 9.17) is 0 Å². The largest absolute Gasteiger partial charge is 0.348 e. The molecule has 4 rings (SSSR count). The maximum Gasteiger partial charge on any atom is 0.252 e. The zero-order chi connectivity index (χ0) is 20.8. The first-order valence-electron chi connectivity index (χ1n) is 9.48. The van der Waals surface area contributed by atoms with Gasteiger partial charge in [0.2, 0.25) is 0 Å². The normalized spacial score (nSPS) is 10.8. The molecular weight excluding hydrogens is 414 g/mol. The molecule has 8 heteroatoms. The summed E-state index contributed by atoms with van der Waals surface area (Å²) in [4.78, 5) is 22.2. The van der Waals surface area contributed by atoms with Crippen molar-refractivity contribution >= 4 is 29.0 Å². The molecule has 0 radical (unpaired) electrons. The van der Waals surface area contributed by atoms with Gasteiger partial charge in [0.1, 0.15) is 12.7 Å². The van der Waals surface area contributed by atoms with Gasteiger partial charge in [0.25, 0.3) is 5.91 Å². The van der Waals surface area contributed by atoms with Crippen LogP contribution in [0.3, 0.4) is 0 Å². The molecule has 0 aliphatic heterocycles. The van der Waals surface area contributed by atoms with E-state index in [9.17, 15) is 4.79 Å². The van der Waals surface area contributed by atoms with Crippen molar-refractivity contribution in [2.24, 2.45) is 0 Å². The van der Waals surface area contributed by atoms with Gasteiger partial charge in [0.05, 0.1) is 22.8 Å². The van der Waals surface area contributed by atoms with Gasteiger partial charge in [-0.2, -0.15) is 5.10 Å². The average Bonchev–Trinajstić information content (AvgIpc) is 3.43. The van der Waals surface area contributed by atoms with E-state index in [0.717, 1.165) is 32.5 Å². The van der Waals surface area contributed by atoms with E-state index < -0.39 is 0 Å². The van der Waals surface area contributed by atoms with Crippen LogP contribution in [0.2, 0.25) is 0 Å². The zero-order valence-corrected chi connectivity index (χ0v) is 18.1. The molecule has 2 aromatic heterocycles. The third kappa shape index (κ3) is 5.34. The van der Waals surface area contributed by atoms with Crippen molar-refractivity contribution in [3.05, 3.63) is 94.0 Å². The van der Waals surface area contributed by atoms with Crippen molar-refractivity contribution in [3.8, 4) is 0 Å². The van der Waals surface area contributed by atoms with Crippen molar-refractivity contribution in [2.75, 3.05) is 0 Å². The minimum atomic E-state index is -0.0701. The quantitative estimate of drug-likeness (QED) is 0.418. The summed E-state index contributed by atoms with van der Waals surface area (Å²) < 4.78 is 1.78. The second-order valence-corrected chi connectivity index (χ2v) is 8.81. The molecule has 0 unspecified atom stereocenters. The highest BCUT2D eigenvalue weighted by atomic mass is 32.2. The van der Waals surface area contributed by atoms with Crippen LogP contribution in [0.5, 0.6) is 0 Å². The van der Waals surface area contributed by atoms with Gasteiger partial charge in [-0.15, -0.1) is 23.1 Å². The predicted octanol–water partition coefficient (Wildman–Crippen LogP) is 4.31. The van der Waals surface area contributed by atoms with E-state index in [1.165, 1.54) is 6.33 Å². The number of thioether (sulfide) groups is 1. The smallest absolute Gasteiger partial charge is 0.252 e. The van der Waals surface area contributed by atoms with Gasteiger partial charge in [-0.3, -0.25) is 4.79 Å². The van der Waals surface area contributed by atoms with Gasteiger partial charge in [-0.1, -0.05) is 36.4 Å². The van der Waals surface area contributed by atoms with Crippen LogP contribution in [0.4, 0.5) is 0 Å². The molecule has 0 aliphatic carbocycles. The molecule has 2 aromatic carbocycles. The lowest BCUT2D eigenvalue weighted by Gasteiger charge is -2.10. The molecule has 1 amide bonds. The van der Waals surface area contributed by atoms with Crippen molar-refractivity contribution in [2.45, 2.75) is 30.7 Å². The molecular formula is C22H21N5OS2. The maximum atomic E-state index is 12.8. The average molecular weight is 436 g/mol. The summed E-state index contributed by atoms with van der Waals surface area (Å²) >= 11 is 3.28. The van der Waals surface area contributed by atoms with E-state index in [2.05, 4.69) is 25.8 Å². The number of aromatic nitrogens is 4. The third-order valence-corrected chi connectivity index (χ3v) is 6.39. The molecule has 2 heterocycles. The number of nitrogens with one attached hydrogen (secondary N) is 1. The highest BCUT2D eigenvalue weighted by Gasteiger charge is 2.12. The molecule has 0 atom stereocenters. The Hall–Kier alpha value is -2.97. The standard InChI is InChI=1S/C22H21N5OS2/c1-16-26-19(12-29-16)13-30-21-5-3-2-4-20(21)22(28)24-10-17-6-8-18(9-7-17)11-27-15-23-14-25-27/h2-9,12,14-15H,10-11,13H2,1H3,(H,24,28). The number of carbonyl (C=O) groups is 1. The van der Waals surface area contributed by atoms with E-state index in [-0.39, 0.29) is 5.91 Å². The summed E-state index contributed by atoms with van der Waals surface area (Å²) in [6, 6.07) is 15.8. The number of carbonyl (C=O) groups excluding carboxylic acids is 1. The fraction of sp³-hybridized carbons (Fsp3) is 0.182. The number of nitrogens with zero attached hydrogens (tertiary/aromatic N) is 4. The first-order chi connectivity index (χ1) is 14.7. The summed E-state index contributed by atoms with van der Waals surface area (Å²) in [5, 5.41) is 10.3. The van der Waals surface area contributed by atoms with Crippen LogP contribution in [0.25, 0.3) is 0 Å². The molecule has 4 aromatic rings. The second kappa shape index (κ2) is 9.69. The summed E-state index contributed by atoms with van der Waals surface area (Å²) in [6.07, 6.45) is 3.22. The minimum absolute atomic E-state index is 0.0701. The van der Waals surface area contributed by atoms with Gasteiger partial charge in [0, 0.05) is 22.6 Å². The molecule has 0 aliphatic rings. The third-order valence-electron chi connectivity index (χ3n) is 4.46. The number of thiazole rings is 1. The summed E-state index contributed by atoms with van der Waals surface area (Å²) in [7, 11) is 0. The van der Waals surface area contributed by atoms with Crippen molar-refractivity contribution in [3.63, 3.8) is 0 Å². The molecule has 1 N–H and O–H groups in total. The SMILES string of the molecule is Cc1nc(CSc2ccccc2C(=O)NCc2ccc(Cn3cncn3)cc2)cs1. The number of rotatable bonds is 8. The fourth-order valence-corrected chi connectivity index (χ4v) is 4.61. The topological polar surface area (TPSA) is 72.7 Å². The predicted molar refractivity (Wildman–Crippen MR) is 120 cm³/mol. The van der Waals surface area contributed by atoms with Crippen LogP contribution in [0, 0.1) is 6.92 Å². The van der Waals surface area contributed by atoms with Crippen LogP contribution in [-0.4, -0.2) is 25.7 Å². The maximum absolute atomic E-state index is 12.8. The lowest BCUT2D eigenvalue weighted by Crippen LogP contribution is -2.23. The van der Waals surface area contributed by atoms with E-state index in [0.29, 0.717) is 18.7 Å². The molecule has 0 saturated heterocycles. The van der Waals surface area contributed by atoms with Crippen LogP contribution in [0.1, 0.15) is 32.2 Å². The Balaban J connectivity index is 1.34. The van der Waals surface area contributed by atoms with Crippen LogP contribution < -0.4 is 5.32 Å². The van der Waals surface area contributed by atoms with Crippen LogP contribution in [0.15, 0.2) is 71.5 Å². The molecule has 0 fully saturated rings. The van der Waals surface area contributed by atoms with E-state index in [1.54, 1.807) is 34.1 Å². The number of amides is 1. The molecule has 0 bridgehead atoms. The minimum Gasteiger partial charge on any atom is -0.348 e. The van der Waals surface area contributed by atoms with Gasteiger partial charge < -0.3 is 5.32 Å². The molecule has 152 valence electrons. The Bertz CT molecular complexity index is 1110. The van der Waals surface area contributed by atoms with E-state index in [1.807, 2.05) is 55.5 Å². The van der Waals surface area contributed by atoms with Gasteiger partial charge in [-0.25, -0.2) is 14.6 Å². The summed E-state index contributed by atoms with van der Waals surface area (Å²) in [5.74, 6) is 0.682. The molecule has 0 spiro atoms. The number of benzene rings is 2. The first-order valence-corrected chi connectivity index (χ1v) is 11.3. The van der Waals surface area contributed by atoms with E-state index >= 15 is 0 Å².